The summed E-state index contributed by atoms with van der Waals surface area (Å²) in [5.74, 6) is 0. The third kappa shape index (κ3) is 3.67. The largest absolute Gasteiger partial charge is 0.379 e. The molecule has 2 fully saturated rings. The number of hydrogen-bond acceptors (Lipinski definition) is 3. The van der Waals surface area contributed by atoms with Crippen LogP contribution in [0.1, 0.15) is 46.0 Å². The summed E-state index contributed by atoms with van der Waals surface area (Å²) in [7, 11) is 0. The summed E-state index contributed by atoms with van der Waals surface area (Å²) in [6.07, 6.45) is 6.70. The van der Waals surface area contributed by atoms with E-state index in [2.05, 4.69) is 24.1 Å². The molecular formula is C14H28N2O. The van der Waals surface area contributed by atoms with Crippen LogP contribution in [0, 0.1) is 0 Å². The highest BCUT2D eigenvalue weighted by atomic mass is 16.5. The van der Waals surface area contributed by atoms with Crippen molar-refractivity contribution in [3.63, 3.8) is 0 Å². The minimum atomic E-state index is 0.619. The smallest absolute Gasteiger partial charge is 0.0619 e. The average molecular weight is 240 g/mol. The highest BCUT2D eigenvalue weighted by Crippen LogP contribution is 2.25. The van der Waals surface area contributed by atoms with Crippen LogP contribution in [0.3, 0.4) is 0 Å². The Hall–Kier alpha value is -0.120. The number of ether oxygens (including phenoxy) is 1. The molecule has 0 aromatic carbocycles. The summed E-state index contributed by atoms with van der Waals surface area (Å²) in [6.45, 7) is 8.73. The summed E-state index contributed by atoms with van der Waals surface area (Å²) < 4.78 is 5.52. The van der Waals surface area contributed by atoms with E-state index in [1.807, 2.05) is 0 Å². The lowest BCUT2D eigenvalue weighted by molar-refractivity contribution is -0.0307. The van der Waals surface area contributed by atoms with E-state index in [0.717, 1.165) is 31.8 Å². The van der Waals surface area contributed by atoms with E-state index < -0.39 is 0 Å². The number of hydrogen-bond donors (Lipinski definition) is 1. The van der Waals surface area contributed by atoms with Crippen molar-refractivity contribution in [1.29, 1.82) is 0 Å². The van der Waals surface area contributed by atoms with Gasteiger partial charge in [-0.3, -0.25) is 4.90 Å². The topological polar surface area (TPSA) is 24.5 Å². The minimum absolute atomic E-state index is 0.619. The normalized spacial score (nSPS) is 36.0. The lowest BCUT2D eigenvalue weighted by Gasteiger charge is -2.42. The minimum Gasteiger partial charge on any atom is -0.379 e. The van der Waals surface area contributed by atoms with E-state index in [1.165, 1.54) is 38.6 Å². The van der Waals surface area contributed by atoms with E-state index in [9.17, 15) is 0 Å². The van der Waals surface area contributed by atoms with Crippen LogP contribution in [-0.2, 0) is 4.74 Å². The molecule has 2 rings (SSSR count). The fourth-order valence-electron chi connectivity index (χ4n) is 3.24. The first-order valence-electron chi connectivity index (χ1n) is 7.38. The van der Waals surface area contributed by atoms with Gasteiger partial charge in [0.1, 0.15) is 0 Å². The maximum atomic E-state index is 5.52. The lowest BCUT2D eigenvalue weighted by atomic mass is 9.89. The van der Waals surface area contributed by atoms with Gasteiger partial charge in [0, 0.05) is 24.7 Å². The van der Waals surface area contributed by atoms with Crippen LogP contribution in [0.25, 0.3) is 0 Å². The van der Waals surface area contributed by atoms with E-state index >= 15 is 0 Å². The molecule has 0 spiro atoms. The van der Waals surface area contributed by atoms with Gasteiger partial charge in [-0.25, -0.2) is 0 Å². The van der Waals surface area contributed by atoms with Crippen molar-refractivity contribution in [2.24, 2.45) is 0 Å². The molecule has 0 bridgehead atoms. The van der Waals surface area contributed by atoms with Crippen molar-refractivity contribution in [1.82, 2.24) is 10.2 Å². The quantitative estimate of drug-likeness (QED) is 0.813. The first kappa shape index (κ1) is 13.3. The highest BCUT2D eigenvalue weighted by Gasteiger charge is 2.29. The van der Waals surface area contributed by atoms with Gasteiger partial charge in [-0.2, -0.15) is 0 Å². The zero-order chi connectivity index (χ0) is 12.1. The molecule has 1 N–H and O–H groups in total. The lowest BCUT2D eigenvalue weighted by Crippen LogP contribution is -2.51. The van der Waals surface area contributed by atoms with E-state index in [-0.39, 0.29) is 0 Å². The predicted molar refractivity (Wildman–Crippen MR) is 71.3 cm³/mol. The second-order valence-corrected chi connectivity index (χ2v) is 5.62. The Labute approximate surface area is 106 Å². The molecule has 0 aromatic heterocycles. The van der Waals surface area contributed by atoms with Gasteiger partial charge in [-0.05, 0) is 45.6 Å². The standard InChI is InChI=1S/C14H28N2O/c1-3-8-15-13-4-6-14(7-5-13)16-9-10-17-11-12(16)2/h12-15H,3-11H2,1-2H3. The van der Waals surface area contributed by atoms with Crippen molar-refractivity contribution >= 4 is 0 Å². The molecule has 0 aromatic rings. The molecule has 3 nitrogen and oxygen atoms in total. The van der Waals surface area contributed by atoms with Crippen molar-refractivity contribution in [3.05, 3.63) is 0 Å². The maximum absolute atomic E-state index is 5.52. The molecule has 1 unspecified atom stereocenters. The van der Waals surface area contributed by atoms with Crippen LogP contribution in [0.4, 0.5) is 0 Å². The number of nitrogens with one attached hydrogen (secondary N) is 1. The van der Waals surface area contributed by atoms with Crippen molar-refractivity contribution in [2.45, 2.75) is 64.1 Å². The Kier molecular flexibility index (Phi) is 5.26. The number of rotatable bonds is 4. The molecule has 17 heavy (non-hydrogen) atoms. The third-order valence-corrected chi connectivity index (χ3v) is 4.27. The molecule has 2 aliphatic rings. The van der Waals surface area contributed by atoms with Crippen LogP contribution in [0.5, 0.6) is 0 Å². The Bertz CT molecular complexity index is 214. The van der Waals surface area contributed by atoms with E-state index in [4.69, 9.17) is 4.74 Å². The van der Waals surface area contributed by atoms with E-state index in [1.54, 1.807) is 0 Å². The second-order valence-electron chi connectivity index (χ2n) is 5.62. The fourth-order valence-corrected chi connectivity index (χ4v) is 3.24. The molecular weight excluding hydrogens is 212 g/mol. The van der Waals surface area contributed by atoms with Gasteiger partial charge in [0.25, 0.3) is 0 Å². The van der Waals surface area contributed by atoms with Gasteiger partial charge >= 0.3 is 0 Å². The van der Waals surface area contributed by atoms with Crippen LogP contribution < -0.4 is 5.32 Å². The second kappa shape index (κ2) is 6.72. The Morgan fingerprint density at radius 2 is 2.00 bits per heavy atom. The zero-order valence-electron chi connectivity index (χ0n) is 11.5. The molecule has 1 aliphatic carbocycles. The van der Waals surface area contributed by atoms with Gasteiger partial charge in [-0.1, -0.05) is 6.92 Å². The van der Waals surface area contributed by atoms with Gasteiger partial charge in [0.2, 0.25) is 0 Å². The summed E-state index contributed by atoms with van der Waals surface area (Å²) in [4.78, 5) is 2.68. The van der Waals surface area contributed by atoms with Gasteiger partial charge in [0.05, 0.1) is 13.2 Å². The fraction of sp³-hybridized carbons (Fsp3) is 1.00. The third-order valence-electron chi connectivity index (χ3n) is 4.27. The van der Waals surface area contributed by atoms with Crippen molar-refractivity contribution in [3.8, 4) is 0 Å². The average Bonchev–Trinajstić information content (AvgIpc) is 2.38. The Morgan fingerprint density at radius 3 is 2.65 bits per heavy atom. The maximum Gasteiger partial charge on any atom is 0.0619 e. The van der Waals surface area contributed by atoms with Crippen LogP contribution in [0.15, 0.2) is 0 Å². The van der Waals surface area contributed by atoms with Gasteiger partial charge in [-0.15, -0.1) is 0 Å². The molecule has 1 heterocycles. The summed E-state index contributed by atoms with van der Waals surface area (Å²) in [5, 5.41) is 3.66. The SMILES string of the molecule is CCCNC1CCC(N2CCOCC2C)CC1. The van der Waals surface area contributed by atoms with Crippen LogP contribution in [0.2, 0.25) is 0 Å². The molecule has 1 aliphatic heterocycles. The van der Waals surface area contributed by atoms with Crippen LogP contribution >= 0.6 is 0 Å². The number of nitrogens with zero attached hydrogens (tertiary/aromatic N) is 1. The van der Waals surface area contributed by atoms with Gasteiger partial charge in [0.15, 0.2) is 0 Å². The van der Waals surface area contributed by atoms with Gasteiger partial charge < -0.3 is 10.1 Å². The Morgan fingerprint density at radius 1 is 1.24 bits per heavy atom. The summed E-state index contributed by atoms with van der Waals surface area (Å²) in [6, 6.07) is 2.21. The van der Waals surface area contributed by atoms with E-state index in [0.29, 0.717) is 6.04 Å². The summed E-state index contributed by atoms with van der Waals surface area (Å²) >= 11 is 0. The first-order chi connectivity index (χ1) is 8.31. The van der Waals surface area contributed by atoms with Crippen molar-refractivity contribution in [2.75, 3.05) is 26.3 Å². The molecule has 0 amide bonds. The summed E-state index contributed by atoms with van der Waals surface area (Å²) in [5.41, 5.74) is 0. The predicted octanol–water partition coefficient (Wildman–Crippen LogP) is 2.02. The monoisotopic (exact) mass is 240 g/mol. The Balaban J connectivity index is 1.74. The molecule has 0 radical (unpaired) electrons. The molecule has 1 atom stereocenters. The molecule has 3 heteroatoms. The molecule has 100 valence electrons. The molecule has 1 saturated carbocycles. The number of morpholine rings is 1. The van der Waals surface area contributed by atoms with Crippen molar-refractivity contribution < 1.29 is 4.74 Å². The zero-order valence-corrected chi connectivity index (χ0v) is 11.5. The first-order valence-corrected chi connectivity index (χ1v) is 7.38. The molecule has 1 saturated heterocycles. The highest BCUT2D eigenvalue weighted by molar-refractivity contribution is 4.86. The van der Waals surface area contributed by atoms with Crippen LogP contribution in [-0.4, -0.2) is 49.3 Å².